The summed E-state index contributed by atoms with van der Waals surface area (Å²) in [7, 11) is 2.18. The van der Waals surface area contributed by atoms with Crippen LogP contribution in [0.5, 0.6) is 5.75 Å². The molecule has 1 N–H and O–H groups in total. The lowest BCUT2D eigenvalue weighted by molar-refractivity contribution is 0.349. The molecule has 0 saturated carbocycles. The van der Waals surface area contributed by atoms with Crippen LogP contribution in [0.2, 0.25) is 0 Å². The third kappa shape index (κ3) is 2.93. The molecule has 3 heteroatoms. The summed E-state index contributed by atoms with van der Waals surface area (Å²) in [5.41, 5.74) is 1.57. The van der Waals surface area contributed by atoms with E-state index < -0.39 is 0 Å². The molecule has 0 aliphatic carbocycles. The SMILES string of the molecule is CCCC1(c2cccc(O)c2)CCN(C)C1.Cl. The van der Waals surface area contributed by atoms with Gasteiger partial charge in [-0.15, -0.1) is 12.4 Å². The van der Waals surface area contributed by atoms with Gasteiger partial charge >= 0.3 is 0 Å². The maximum atomic E-state index is 9.61. The van der Waals surface area contributed by atoms with Crippen molar-refractivity contribution in [1.29, 1.82) is 0 Å². The van der Waals surface area contributed by atoms with Crippen LogP contribution in [-0.2, 0) is 5.41 Å². The lowest BCUT2D eigenvalue weighted by Crippen LogP contribution is -2.29. The molecular formula is C14H22ClNO. The second-order valence-corrected chi connectivity index (χ2v) is 5.07. The Hall–Kier alpha value is -0.730. The predicted molar refractivity (Wildman–Crippen MR) is 74.1 cm³/mol. The highest BCUT2D eigenvalue weighted by atomic mass is 35.5. The minimum atomic E-state index is 0. The van der Waals surface area contributed by atoms with E-state index in [0.29, 0.717) is 5.75 Å². The number of benzene rings is 1. The molecule has 0 aromatic heterocycles. The molecule has 0 amide bonds. The maximum absolute atomic E-state index is 9.61. The summed E-state index contributed by atoms with van der Waals surface area (Å²) in [5.74, 6) is 0.391. The van der Waals surface area contributed by atoms with Crippen molar-refractivity contribution in [3.8, 4) is 5.75 Å². The van der Waals surface area contributed by atoms with Crippen molar-refractivity contribution in [1.82, 2.24) is 4.90 Å². The minimum Gasteiger partial charge on any atom is -0.508 e. The van der Waals surface area contributed by atoms with E-state index >= 15 is 0 Å². The molecule has 0 radical (unpaired) electrons. The standard InChI is InChI=1S/C14H21NO.ClH/c1-3-7-14(8-9-15(2)11-14)12-5-4-6-13(16)10-12;/h4-6,10,16H,3,7-9,11H2,1-2H3;1H. The number of aromatic hydroxyl groups is 1. The average molecular weight is 256 g/mol. The third-order valence-corrected chi connectivity index (χ3v) is 3.73. The van der Waals surface area contributed by atoms with Crippen molar-refractivity contribution in [3.63, 3.8) is 0 Å². The van der Waals surface area contributed by atoms with Crippen LogP contribution in [0.1, 0.15) is 31.7 Å². The Labute approximate surface area is 110 Å². The van der Waals surface area contributed by atoms with Gasteiger partial charge in [-0.1, -0.05) is 25.5 Å². The molecule has 2 nitrogen and oxygen atoms in total. The number of likely N-dealkylation sites (tertiary alicyclic amines) is 1. The quantitative estimate of drug-likeness (QED) is 0.897. The first-order valence-corrected chi connectivity index (χ1v) is 6.14. The van der Waals surface area contributed by atoms with Crippen LogP contribution in [0.25, 0.3) is 0 Å². The number of nitrogens with zero attached hydrogens (tertiary/aromatic N) is 1. The fraction of sp³-hybridized carbons (Fsp3) is 0.571. The third-order valence-electron chi connectivity index (χ3n) is 3.73. The first kappa shape index (κ1) is 14.3. The zero-order valence-electron chi connectivity index (χ0n) is 10.6. The van der Waals surface area contributed by atoms with Gasteiger partial charge in [0, 0.05) is 12.0 Å². The molecule has 1 aliphatic heterocycles. The van der Waals surface area contributed by atoms with Crippen LogP contribution in [0.4, 0.5) is 0 Å². The molecule has 1 aromatic carbocycles. The zero-order valence-corrected chi connectivity index (χ0v) is 11.5. The molecule has 0 bridgehead atoms. The highest BCUT2D eigenvalue weighted by Gasteiger charge is 2.37. The number of rotatable bonds is 3. The van der Waals surface area contributed by atoms with Crippen molar-refractivity contribution < 1.29 is 5.11 Å². The summed E-state index contributed by atoms with van der Waals surface area (Å²) in [6, 6.07) is 7.81. The van der Waals surface area contributed by atoms with Crippen molar-refractivity contribution in [3.05, 3.63) is 29.8 Å². The van der Waals surface area contributed by atoms with Crippen LogP contribution in [0, 0.1) is 0 Å². The van der Waals surface area contributed by atoms with Crippen molar-refractivity contribution in [2.45, 2.75) is 31.6 Å². The molecule has 17 heavy (non-hydrogen) atoms. The molecule has 96 valence electrons. The number of likely N-dealkylation sites (N-methyl/N-ethyl adjacent to an activating group) is 1. The van der Waals surface area contributed by atoms with Gasteiger partial charge < -0.3 is 10.0 Å². The van der Waals surface area contributed by atoms with Gasteiger partial charge in [0.25, 0.3) is 0 Å². The Balaban J connectivity index is 0.00000144. The van der Waals surface area contributed by atoms with Gasteiger partial charge in [0.2, 0.25) is 0 Å². The van der Waals surface area contributed by atoms with E-state index in [2.05, 4.69) is 24.9 Å². The number of halogens is 1. The fourth-order valence-corrected chi connectivity index (χ4v) is 2.98. The summed E-state index contributed by atoms with van der Waals surface area (Å²) in [6.45, 7) is 4.52. The molecule has 1 unspecified atom stereocenters. The van der Waals surface area contributed by atoms with Gasteiger partial charge in [0.1, 0.15) is 5.75 Å². The molecule has 1 saturated heterocycles. The number of phenols is 1. The largest absolute Gasteiger partial charge is 0.508 e. The van der Waals surface area contributed by atoms with Gasteiger partial charge in [-0.3, -0.25) is 0 Å². The molecular weight excluding hydrogens is 234 g/mol. The summed E-state index contributed by atoms with van der Waals surface area (Å²) >= 11 is 0. The average Bonchev–Trinajstić information content (AvgIpc) is 2.62. The Morgan fingerprint density at radius 1 is 1.41 bits per heavy atom. The molecule has 1 fully saturated rings. The molecule has 1 aromatic rings. The molecule has 2 rings (SSSR count). The predicted octanol–water partition coefficient (Wildman–Crippen LogP) is 3.19. The normalized spacial score (nSPS) is 24.6. The van der Waals surface area contributed by atoms with Gasteiger partial charge in [0.05, 0.1) is 0 Å². The van der Waals surface area contributed by atoms with Crippen molar-refractivity contribution in [2.75, 3.05) is 20.1 Å². The van der Waals surface area contributed by atoms with Crippen LogP contribution in [-0.4, -0.2) is 30.1 Å². The van der Waals surface area contributed by atoms with E-state index in [1.807, 2.05) is 12.1 Å². The van der Waals surface area contributed by atoms with Crippen LogP contribution in [0.15, 0.2) is 24.3 Å². The molecule has 1 atom stereocenters. The van der Waals surface area contributed by atoms with Crippen LogP contribution in [0.3, 0.4) is 0 Å². The lowest BCUT2D eigenvalue weighted by Gasteiger charge is -2.29. The maximum Gasteiger partial charge on any atom is 0.115 e. The molecule has 0 spiro atoms. The van der Waals surface area contributed by atoms with E-state index in [0.717, 1.165) is 13.1 Å². The van der Waals surface area contributed by atoms with E-state index in [1.165, 1.54) is 24.8 Å². The van der Waals surface area contributed by atoms with Crippen LogP contribution < -0.4 is 0 Å². The van der Waals surface area contributed by atoms with Gasteiger partial charge in [-0.25, -0.2) is 0 Å². The molecule has 1 aliphatic rings. The Bertz CT molecular complexity index is 365. The minimum absolute atomic E-state index is 0. The first-order chi connectivity index (χ1) is 7.66. The van der Waals surface area contributed by atoms with Gasteiger partial charge in [-0.2, -0.15) is 0 Å². The van der Waals surface area contributed by atoms with Crippen LogP contribution >= 0.6 is 12.4 Å². The Morgan fingerprint density at radius 3 is 2.71 bits per heavy atom. The van der Waals surface area contributed by atoms with E-state index in [4.69, 9.17) is 0 Å². The number of hydrogen-bond acceptors (Lipinski definition) is 2. The monoisotopic (exact) mass is 255 g/mol. The summed E-state index contributed by atoms with van der Waals surface area (Å²) in [5, 5.41) is 9.61. The van der Waals surface area contributed by atoms with E-state index in [1.54, 1.807) is 6.07 Å². The smallest absolute Gasteiger partial charge is 0.115 e. The van der Waals surface area contributed by atoms with Crippen molar-refractivity contribution in [2.24, 2.45) is 0 Å². The fourth-order valence-electron chi connectivity index (χ4n) is 2.98. The van der Waals surface area contributed by atoms with E-state index in [-0.39, 0.29) is 17.8 Å². The molecule has 1 heterocycles. The first-order valence-electron chi connectivity index (χ1n) is 6.14. The Kier molecular flexibility index (Phi) is 4.84. The number of phenolic OH excluding ortho intramolecular Hbond substituents is 1. The number of hydrogen-bond donors (Lipinski definition) is 1. The zero-order chi connectivity index (χ0) is 11.6. The lowest BCUT2D eigenvalue weighted by atomic mass is 9.76. The van der Waals surface area contributed by atoms with E-state index in [9.17, 15) is 5.11 Å². The summed E-state index contributed by atoms with van der Waals surface area (Å²) < 4.78 is 0. The highest BCUT2D eigenvalue weighted by molar-refractivity contribution is 5.85. The second-order valence-electron chi connectivity index (χ2n) is 5.07. The van der Waals surface area contributed by atoms with Gasteiger partial charge in [-0.05, 0) is 44.1 Å². The van der Waals surface area contributed by atoms with Crippen molar-refractivity contribution >= 4 is 12.4 Å². The second kappa shape index (κ2) is 5.74. The Morgan fingerprint density at radius 2 is 2.18 bits per heavy atom. The summed E-state index contributed by atoms with van der Waals surface area (Å²) in [4.78, 5) is 2.39. The summed E-state index contributed by atoms with van der Waals surface area (Å²) in [6.07, 6.45) is 3.62. The van der Waals surface area contributed by atoms with Gasteiger partial charge in [0.15, 0.2) is 0 Å². The highest BCUT2D eigenvalue weighted by Crippen LogP contribution is 2.39. The topological polar surface area (TPSA) is 23.5 Å².